The molecule has 0 radical (unpaired) electrons. The first-order valence-corrected chi connectivity index (χ1v) is 16.3. The predicted octanol–water partition coefficient (Wildman–Crippen LogP) is 11.3. The Morgan fingerprint density at radius 1 is 0.388 bits per heavy atom. The fourth-order valence-corrected chi connectivity index (χ4v) is 7.02. The first-order valence-electron chi connectivity index (χ1n) is 16.3. The molecule has 49 heavy (non-hydrogen) atoms. The summed E-state index contributed by atoms with van der Waals surface area (Å²) in [7, 11) is 0. The molecule has 0 saturated carbocycles. The Morgan fingerprint density at radius 3 is 1.92 bits per heavy atom. The lowest BCUT2D eigenvalue weighted by atomic mass is 9.96. The SMILES string of the molecule is c1ccc(-c2ccc(-c3nc(-c4ccc5ccc6ccc7cnccc7c6c5c4)nc(-c4cccc5oc6ccccc6c45)n3)cc2)cc1. The summed E-state index contributed by atoms with van der Waals surface area (Å²) in [6, 6.07) is 50.2. The minimum absolute atomic E-state index is 0.596. The number of hydrogen-bond donors (Lipinski definition) is 0. The maximum Gasteiger partial charge on any atom is 0.164 e. The second-order valence-electron chi connectivity index (χ2n) is 12.3. The van der Waals surface area contributed by atoms with Gasteiger partial charge in [-0.15, -0.1) is 0 Å². The van der Waals surface area contributed by atoms with Gasteiger partial charge in [-0.1, -0.05) is 121 Å². The number of fused-ring (bicyclic) bond motifs is 8. The molecule has 0 N–H and O–H groups in total. The molecular weight excluding hydrogens is 601 g/mol. The van der Waals surface area contributed by atoms with Crippen molar-refractivity contribution in [2.75, 3.05) is 0 Å². The highest BCUT2D eigenvalue weighted by Gasteiger charge is 2.18. The number of aromatic nitrogens is 4. The molecule has 0 bridgehead atoms. The van der Waals surface area contributed by atoms with Gasteiger partial charge in [-0.3, -0.25) is 4.98 Å². The van der Waals surface area contributed by atoms with Gasteiger partial charge in [0.15, 0.2) is 17.5 Å². The molecule has 10 rings (SSSR count). The van der Waals surface area contributed by atoms with Gasteiger partial charge >= 0.3 is 0 Å². The zero-order chi connectivity index (χ0) is 32.3. The molecule has 228 valence electrons. The lowest BCUT2D eigenvalue weighted by Crippen LogP contribution is -2.00. The van der Waals surface area contributed by atoms with E-state index >= 15 is 0 Å². The van der Waals surface area contributed by atoms with Crippen LogP contribution in [-0.2, 0) is 0 Å². The third-order valence-corrected chi connectivity index (χ3v) is 9.40. The topological polar surface area (TPSA) is 64.7 Å². The minimum atomic E-state index is 0.596. The maximum absolute atomic E-state index is 6.25. The number of hydrogen-bond acceptors (Lipinski definition) is 5. The van der Waals surface area contributed by atoms with Gasteiger partial charge in [0.25, 0.3) is 0 Å². The van der Waals surface area contributed by atoms with Crippen LogP contribution in [0, 0.1) is 0 Å². The third kappa shape index (κ3) is 4.55. The van der Waals surface area contributed by atoms with E-state index in [1.807, 2.05) is 48.8 Å². The molecule has 5 nitrogen and oxygen atoms in total. The van der Waals surface area contributed by atoms with Crippen molar-refractivity contribution in [3.8, 4) is 45.3 Å². The Labute approximate surface area is 281 Å². The van der Waals surface area contributed by atoms with Crippen LogP contribution in [0.3, 0.4) is 0 Å². The van der Waals surface area contributed by atoms with E-state index in [-0.39, 0.29) is 0 Å². The minimum Gasteiger partial charge on any atom is -0.456 e. The maximum atomic E-state index is 6.25. The highest BCUT2D eigenvalue weighted by molar-refractivity contribution is 6.20. The van der Waals surface area contributed by atoms with Crippen LogP contribution in [0.15, 0.2) is 162 Å². The smallest absolute Gasteiger partial charge is 0.164 e. The molecule has 0 spiro atoms. The van der Waals surface area contributed by atoms with Gasteiger partial charge in [-0.2, -0.15) is 0 Å². The first-order chi connectivity index (χ1) is 24.3. The molecule has 3 aromatic heterocycles. The normalized spacial score (nSPS) is 11.7. The average molecular weight is 627 g/mol. The molecule has 5 heteroatoms. The van der Waals surface area contributed by atoms with Crippen LogP contribution in [0.5, 0.6) is 0 Å². The predicted molar refractivity (Wildman–Crippen MR) is 199 cm³/mol. The number of furan rings is 1. The number of benzene rings is 7. The molecular formula is C44H26N4O. The lowest BCUT2D eigenvalue weighted by Gasteiger charge is -2.12. The molecule has 0 aliphatic rings. The second kappa shape index (κ2) is 10.9. The summed E-state index contributed by atoms with van der Waals surface area (Å²) in [5.74, 6) is 1.82. The van der Waals surface area contributed by atoms with E-state index < -0.39 is 0 Å². The molecule has 0 saturated heterocycles. The van der Waals surface area contributed by atoms with Gasteiger partial charge in [0.2, 0.25) is 0 Å². The summed E-state index contributed by atoms with van der Waals surface area (Å²) >= 11 is 0. The van der Waals surface area contributed by atoms with Gasteiger partial charge in [-0.05, 0) is 62.3 Å². The van der Waals surface area contributed by atoms with Crippen LogP contribution in [0.2, 0.25) is 0 Å². The van der Waals surface area contributed by atoms with Crippen molar-refractivity contribution in [1.82, 2.24) is 19.9 Å². The summed E-state index contributed by atoms with van der Waals surface area (Å²) in [6.07, 6.45) is 3.78. The van der Waals surface area contributed by atoms with Gasteiger partial charge in [0.1, 0.15) is 11.2 Å². The Kier molecular flexibility index (Phi) is 6.11. The van der Waals surface area contributed by atoms with Crippen LogP contribution < -0.4 is 0 Å². The van der Waals surface area contributed by atoms with E-state index in [4.69, 9.17) is 19.4 Å². The molecule has 0 unspecified atom stereocenters. The quantitative estimate of drug-likeness (QED) is 0.182. The summed E-state index contributed by atoms with van der Waals surface area (Å²) in [5, 5.41) is 8.97. The van der Waals surface area contributed by atoms with E-state index in [2.05, 4.69) is 114 Å². The number of nitrogens with zero attached hydrogens (tertiary/aromatic N) is 4. The molecule has 3 heterocycles. The molecule has 7 aromatic carbocycles. The average Bonchev–Trinajstić information content (AvgIpc) is 3.57. The van der Waals surface area contributed by atoms with Crippen molar-refractivity contribution in [3.05, 3.63) is 158 Å². The summed E-state index contributed by atoms with van der Waals surface area (Å²) in [4.78, 5) is 19.8. The Morgan fingerprint density at radius 2 is 1.04 bits per heavy atom. The van der Waals surface area contributed by atoms with E-state index in [0.29, 0.717) is 17.5 Å². The standard InChI is InChI=1S/C44H26N4O/c1-2-7-27(8-3-1)28-13-19-31(20-14-28)42-46-43(48-44(47-42)36-10-6-12-39-41(36)35-9-4-5-11-38(35)49-39)32-21-16-29-15-17-30-18-22-33-26-45-24-23-34(33)40(30)37(29)25-32/h1-26H. The highest BCUT2D eigenvalue weighted by Crippen LogP contribution is 2.38. The Balaban J connectivity index is 1.21. The van der Waals surface area contributed by atoms with Crippen molar-refractivity contribution in [1.29, 1.82) is 0 Å². The summed E-state index contributed by atoms with van der Waals surface area (Å²) < 4.78 is 6.25. The number of rotatable bonds is 4. The van der Waals surface area contributed by atoms with Crippen molar-refractivity contribution in [2.45, 2.75) is 0 Å². The zero-order valence-electron chi connectivity index (χ0n) is 26.2. The first kappa shape index (κ1) is 27.4. The van der Waals surface area contributed by atoms with Crippen LogP contribution in [0.4, 0.5) is 0 Å². The largest absolute Gasteiger partial charge is 0.456 e. The summed E-state index contributed by atoms with van der Waals surface area (Å²) in [5.41, 5.74) is 6.67. The molecule has 0 atom stereocenters. The highest BCUT2D eigenvalue weighted by atomic mass is 16.3. The van der Waals surface area contributed by atoms with E-state index in [9.17, 15) is 0 Å². The second-order valence-corrected chi connectivity index (χ2v) is 12.3. The molecule has 0 aliphatic heterocycles. The van der Waals surface area contributed by atoms with Gasteiger partial charge in [0.05, 0.1) is 0 Å². The van der Waals surface area contributed by atoms with E-state index in [1.54, 1.807) is 0 Å². The van der Waals surface area contributed by atoms with Gasteiger partial charge in [0, 0.05) is 45.2 Å². The van der Waals surface area contributed by atoms with E-state index in [1.165, 1.54) is 16.2 Å². The van der Waals surface area contributed by atoms with Crippen LogP contribution >= 0.6 is 0 Å². The molecule has 0 amide bonds. The Hall–Kier alpha value is -6.72. The monoisotopic (exact) mass is 626 g/mol. The third-order valence-electron chi connectivity index (χ3n) is 9.40. The van der Waals surface area contributed by atoms with Crippen molar-refractivity contribution < 1.29 is 4.42 Å². The number of para-hydroxylation sites is 1. The van der Waals surface area contributed by atoms with Crippen molar-refractivity contribution in [2.24, 2.45) is 0 Å². The van der Waals surface area contributed by atoms with Crippen LogP contribution in [0.25, 0.3) is 99.5 Å². The fourth-order valence-electron chi connectivity index (χ4n) is 7.02. The number of pyridine rings is 1. The van der Waals surface area contributed by atoms with Crippen molar-refractivity contribution >= 4 is 54.3 Å². The van der Waals surface area contributed by atoms with Gasteiger partial charge in [-0.25, -0.2) is 15.0 Å². The lowest BCUT2D eigenvalue weighted by molar-refractivity contribution is 0.669. The van der Waals surface area contributed by atoms with Crippen molar-refractivity contribution in [3.63, 3.8) is 0 Å². The zero-order valence-corrected chi connectivity index (χ0v) is 26.2. The van der Waals surface area contributed by atoms with Crippen LogP contribution in [-0.4, -0.2) is 19.9 Å². The fraction of sp³-hybridized carbons (Fsp3) is 0. The molecule has 0 fully saturated rings. The molecule has 10 aromatic rings. The molecule has 0 aliphatic carbocycles. The van der Waals surface area contributed by atoms with Gasteiger partial charge < -0.3 is 4.42 Å². The van der Waals surface area contributed by atoms with E-state index in [0.717, 1.165) is 65.9 Å². The summed E-state index contributed by atoms with van der Waals surface area (Å²) in [6.45, 7) is 0. The Bertz CT molecular complexity index is 2870. The van der Waals surface area contributed by atoms with Crippen LogP contribution in [0.1, 0.15) is 0 Å².